The Morgan fingerprint density at radius 3 is 2.94 bits per heavy atom. The van der Waals surface area contributed by atoms with E-state index in [1.807, 2.05) is 6.07 Å². The van der Waals surface area contributed by atoms with Crippen LogP contribution in [0.15, 0.2) is 24.3 Å². The van der Waals surface area contributed by atoms with E-state index in [2.05, 4.69) is 0 Å². The van der Waals surface area contributed by atoms with Gasteiger partial charge >= 0.3 is 0 Å². The number of carbonyl (C=O) groups is 1. The fourth-order valence-electron chi connectivity index (χ4n) is 2.29. The molecule has 1 aliphatic heterocycles. The van der Waals surface area contributed by atoms with Crippen LogP contribution in [0.4, 0.5) is 4.39 Å². The van der Waals surface area contributed by atoms with E-state index in [-0.39, 0.29) is 30.0 Å². The second-order valence-electron chi connectivity index (χ2n) is 4.16. The van der Waals surface area contributed by atoms with Crippen molar-refractivity contribution >= 4 is 5.91 Å². The number of benzene rings is 1. The Bertz CT molecular complexity index is 408. The Labute approximate surface area is 93.5 Å². The van der Waals surface area contributed by atoms with Crippen LogP contribution in [0.5, 0.6) is 5.75 Å². The van der Waals surface area contributed by atoms with E-state index in [1.54, 1.807) is 30.1 Å². The number of halogens is 1. The maximum atomic E-state index is 12.8. The number of aromatic hydroxyl groups is 1. The summed E-state index contributed by atoms with van der Waals surface area (Å²) in [5.41, 5.74) is 0.788. The molecular formula is C12H14FNO2. The molecule has 1 aliphatic rings. The van der Waals surface area contributed by atoms with Gasteiger partial charge in [0, 0.05) is 19.4 Å². The van der Waals surface area contributed by atoms with E-state index in [1.165, 1.54) is 0 Å². The number of hydrogen-bond donors (Lipinski definition) is 1. The molecule has 3 nitrogen and oxygen atoms in total. The molecule has 1 saturated heterocycles. The Morgan fingerprint density at radius 2 is 2.31 bits per heavy atom. The number of nitrogens with zero attached hydrogens (tertiary/aromatic N) is 1. The molecule has 1 heterocycles. The number of hydrogen-bond acceptors (Lipinski definition) is 2. The minimum Gasteiger partial charge on any atom is -0.508 e. The third-order valence-corrected chi connectivity index (χ3v) is 3.10. The van der Waals surface area contributed by atoms with Gasteiger partial charge in [-0.1, -0.05) is 12.1 Å². The number of likely N-dealkylation sites (tertiary alicyclic amines) is 1. The number of rotatable bonds is 2. The number of phenols is 1. The highest BCUT2D eigenvalue weighted by Gasteiger charge is 2.38. The first-order valence-electron chi connectivity index (χ1n) is 5.24. The van der Waals surface area contributed by atoms with Crippen molar-refractivity contribution in [3.63, 3.8) is 0 Å². The SMILES string of the molecule is CN1C(=O)CC(CF)C1c1cccc(O)c1. The average molecular weight is 223 g/mol. The fourth-order valence-corrected chi connectivity index (χ4v) is 2.29. The van der Waals surface area contributed by atoms with Gasteiger partial charge in [-0.2, -0.15) is 0 Å². The van der Waals surface area contributed by atoms with Gasteiger partial charge in [0.1, 0.15) is 5.75 Å². The smallest absolute Gasteiger partial charge is 0.223 e. The first kappa shape index (κ1) is 10.9. The lowest BCUT2D eigenvalue weighted by Crippen LogP contribution is -2.24. The van der Waals surface area contributed by atoms with Crippen LogP contribution in [0.2, 0.25) is 0 Å². The lowest BCUT2D eigenvalue weighted by molar-refractivity contribution is -0.127. The Kier molecular flexibility index (Phi) is 2.81. The molecule has 1 N–H and O–H groups in total. The molecule has 1 aromatic rings. The average Bonchev–Trinajstić information content (AvgIpc) is 2.55. The predicted octanol–water partition coefficient (Wildman–Crippen LogP) is 1.88. The van der Waals surface area contributed by atoms with Gasteiger partial charge in [0.05, 0.1) is 12.7 Å². The Morgan fingerprint density at radius 1 is 1.56 bits per heavy atom. The second kappa shape index (κ2) is 4.12. The second-order valence-corrected chi connectivity index (χ2v) is 4.16. The zero-order chi connectivity index (χ0) is 11.7. The zero-order valence-corrected chi connectivity index (χ0v) is 9.06. The molecule has 2 unspecified atom stereocenters. The lowest BCUT2D eigenvalue weighted by Gasteiger charge is -2.24. The van der Waals surface area contributed by atoms with Gasteiger partial charge in [-0.15, -0.1) is 0 Å². The lowest BCUT2D eigenvalue weighted by atomic mass is 9.95. The molecule has 2 atom stereocenters. The van der Waals surface area contributed by atoms with Crippen LogP contribution >= 0.6 is 0 Å². The molecule has 1 fully saturated rings. The quantitative estimate of drug-likeness (QED) is 0.831. The van der Waals surface area contributed by atoms with E-state index in [4.69, 9.17) is 0 Å². The summed E-state index contributed by atoms with van der Waals surface area (Å²) in [5.74, 6) is -0.210. The molecule has 86 valence electrons. The van der Waals surface area contributed by atoms with Crippen molar-refractivity contribution in [2.45, 2.75) is 12.5 Å². The van der Waals surface area contributed by atoms with Crippen molar-refractivity contribution in [1.29, 1.82) is 0 Å². The largest absolute Gasteiger partial charge is 0.508 e. The van der Waals surface area contributed by atoms with E-state index in [0.717, 1.165) is 5.56 Å². The summed E-state index contributed by atoms with van der Waals surface area (Å²) in [6.07, 6.45) is 0.243. The van der Waals surface area contributed by atoms with Gasteiger partial charge in [0.25, 0.3) is 0 Å². The summed E-state index contributed by atoms with van der Waals surface area (Å²) in [4.78, 5) is 13.1. The third-order valence-electron chi connectivity index (χ3n) is 3.10. The monoisotopic (exact) mass is 223 g/mol. The summed E-state index contributed by atoms with van der Waals surface area (Å²) < 4.78 is 12.8. The topological polar surface area (TPSA) is 40.5 Å². The van der Waals surface area contributed by atoms with Crippen molar-refractivity contribution in [3.8, 4) is 5.75 Å². The van der Waals surface area contributed by atoms with Gasteiger partial charge in [0.2, 0.25) is 5.91 Å². The maximum absolute atomic E-state index is 12.8. The molecule has 16 heavy (non-hydrogen) atoms. The summed E-state index contributed by atoms with van der Waals surface area (Å²) in [7, 11) is 1.67. The van der Waals surface area contributed by atoms with Gasteiger partial charge in [0.15, 0.2) is 0 Å². The van der Waals surface area contributed by atoms with E-state index in [9.17, 15) is 14.3 Å². The summed E-state index contributed by atoms with van der Waals surface area (Å²) in [6, 6.07) is 6.40. The minimum absolute atomic E-state index is 0.0454. The van der Waals surface area contributed by atoms with E-state index < -0.39 is 6.67 Å². The van der Waals surface area contributed by atoms with Crippen LogP contribution in [0.1, 0.15) is 18.0 Å². The van der Waals surface area contributed by atoms with Crippen LogP contribution in [0.25, 0.3) is 0 Å². The molecule has 0 saturated carbocycles. The summed E-state index contributed by atoms with van der Waals surface area (Å²) in [5, 5.41) is 9.39. The van der Waals surface area contributed by atoms with Crippen molar-refractivity contribution < 1.29 is 14.3 Å². The van der Waals surface area contributed by atoms with Gasteiger partial charge < -0.3 is 10.0 Å². The molecule has 0 bridgehead atoms. The highest BCUT2D eigenvalue weighted by Crippen LogP contribution is 2.37. The minimum atomic E-state index is -0.517. The Balaban J connectivity index is 2.34. The van der Waals surface area contributed by atoms with Crippen LogP contribution in [-0.4, -0.2) is 29.6 Å². The third kappa shape index (κ3) is 1.75. The molecule has 0 spiro atoms. The van der Waals surface area contributed by atoms with Gasteiger partial charge in [-0.25, -0.2) is 0 Å². The summed E-state index contributed by atoms with van der Waals surface area (Å²) >= 11 is 0. The summed E-state index contributed by atoms with van der Waals surface area (Å²) in [6.45, 7) is -0.517. The highest BCUT2D eigenvalue weighted by atomic mass is 19.1. The molecule has 1 aromatic carbocycles. The number of alkyl halides is 1. The molecule has 2 rings (SSSR count). The Hall–Kier alpha value is -1.58. The van der Waals surface area contributed by atoms with Crippen LogP contribution < -0.4 is 0 Å². The van der Waals surface area contributed by atoms with Crippen LogP contribution in [0, 0.1) is 5.92 Å². The molecular weight excluding hydrogens is 209 g/mol. The molecule has 0 aromatic heterocycles. The van der Waals surface area contributed by atoms with Crippen LogP contribution in [-0.2, 0) is 4.79 Å². The number of phenolic OH excluding ortho intramolecular Hbond substituents is 1. The van der Waals surface area contributed by atoms with E-state index >= 15 is 0 Å². The van der Waals surface area contributed by atoms with Crippen molar-refractivity contribution in [2.24, 2.45) is 5.92 Å². The first-order valence-corrected chi connectivity index (χ1v) is 5.24. The van der Waals surface area contributed by atoms with Crippen molar-refractivity contribution in [1.82, 2.24) is 4.90 Å². The predicted molar refractivity (Wildman–Crippen MR) is 57.7 cm³/mol. The van der Waals surface area contributed by atoms with Crippen molar-refractivity contribution in [2.75, 3.05) is 13.7 Å². The maximum Gasteiger partial charge on any atom is 0.223 e. The molecule has 1 amide bonds. The molecule has 4 heteroatoms. The van der Waals surface area contributed by atoms with Crippen molar-refractivity contribution in [3.05, 3.63) is 29.8 Å². The normalized spacial score (nSPS) is 25.1. The highest BCUT2D eigenvalue weighted by molar-refractivity contribution is 5.79. The molecule has 0 radical (unpaired) electrons. The number of carbonyl (C=O) groups excluding carboxylic acids is 1. The van der Waals surface area contributed by atoms with E-state index in [0.29, 0.717) is 0 Å². The van der Waals surface area contributed by atoms with Gasteiger partial charge in [-0.3, -0.25) is 9.18 Å². The molecule has 0 aliphatic carbocycles. The first-order chi connectivity index (χ1) is 7.63. The standard InChI is InChI=1S/C12H14FNO2/c1-14-11(16)6-9(7-13)12(14)8-3-2-4-10(15)5-8/h2-5,9,12,15H,6-7H2,1H3. The van der Waals surface area contributed by atoms with Crippen LogP contribution in [0.3, 0.4) is 0 Å². The number of amides is 1. The van der Waals surface area contributed by atoms with Gasteiger partial charge in [-0.05, 0) is 17.7 Å². The zero-order valence-electron chi connectivity index (χ0n) is 9.06. The fraction of sp³-hybridized carbons (Fsp3) is 0.417.